The zero-order chi connectivity index (χ0) is 11.4. The van der Waals surface area contributed by atoms with Gasteiger partial charge in [0.15, 0.2) is 0 Å². The van der Waals surface area contributed by atoms with E-state index < -0.39 is 5.97 Å². The predicted molar refractivity (Wildman–Crippen MR) is 60.3 cm³/mol. The number of carbonyl (C=O) groups is 1. The van der Waals surface area contributed by atoms with Gasteiger partial charge in [0.1, 0.15) is 11.3 Å². The van der Waals surface area contributed by atoms with Gasteiger partial charge in [-0.05, 0) is 11.8 Å². The lowest BCUT2D eigenvalue weighted by Crippen LogP contribution is -2.03. The second-order valence-corrected chi connectivity index (χ2v) is 4.14. The number of phenolic OH excluding ortho intramolecular Hbond substituents is 1. The number of carbonyl (C=O) groups excluding carboxylic acids is 1. The van der Waals surface area contributed by atoms with Gasteiger partial charge >= 0.3 is 5.97 Å². The van der Waals surface area contributed by atoms with E-state index in [0.717, 1.165) is 10.6 Å². The first-order valence-electron chi connectivity index (χ1n) is 4.43. The molecule has 1 aromatic carbocycles. The topological polar surface area (TPSA) is 72.5 Å². The summed E-state index contributed by atoms with van der Waals surface area (Å²) < 4.78 is 4.54. The fourth-order valence-corrected chi connectivity index (χ4v) is 1.88. The minimum absolute atomic E-state index is 0.141. The predicted octanol–water partition coefficient (Wildman–Crippen LogP) is 1.87. The number of methoxy groups -OCH3 is 1. The van der Waals surface area contributed by atoms with Crippen molar-refractivity contribution in [1.82, 2.24) is 0 Å². The zero-order valence-corrected chi connectivity index (χ0v) is 9.43. The number of phenols is 1. The first kappa shape index (κ1) is 11.7. The molecule has 0 unspecified atom stereocenters. The number of benzene rings is 1. The second kappa shape index (κ2) is 4.93. The van der Waals surface area contributed by atoms with Gasteiger partial charge in [0.2, 0.25) is 0 Å². The number of esters is 1. The van der Waals surface area contributed by atoms with Gasteiger partial charge < -0.3 is 15.6 Å². The fourth-order valence-electron chi connectivity index (χ4n) is 1.14. The summed E-state index contributed by atoms with van der Waals surface area (Å²) in [5.41, 5.74) is 6.29. The first-order chi connectivity index (χ1) is 7.10. The molecule has 1 aromatic rings. The van der Waals surface area contributed by atoms with Crippen LogP contribution in [0, 0.1) is 0 Å². The Hall–Kier alpha value is -1.36. The van der Waals surface area contributed by atoms with Crippen LogP contribution in [-0.2, 0) is 4.74 Å². The Morgan fingerprint density at radius 1 is 1.60 bits per heavy atom. The molecule has 1 rings (SSSR count). The molecule has 0 heterocycles. The van der Waals surface area contributed by atoms with Crippen molar-refractivity contribution in [1.29, 1.82) is 0 Å². The van der Waals surface area contributed by atoms with Crippen molar-refractivity contribution in [2.75, 3.05) is 18.6 Å². The van der Waals surface area contributed by atoms with Gasteiger partial charge in [0.05, 0.1) is 7.11 Å². The van der Waals surface area contributed by atoms with Crippen molar-refractivity contribution in [2.45, 2.75) is 11.8 Å². The third-order valence-corrected chi connectivity index (χ3v) is 2.79. The molecule has 0 atom stereocenters. The lowest BCUT2D eigenvalue weighted by Gasteiger charge is -2.08. The van der Waals surface area contributed by atoms with E-state index in [0.29, 0.717) is 5.69 Å². The van der Waals surface area contributed by atoms with E-state index in [4.69, 9.17) is 5.73 Å². The minimum Gasteiger partial charge on any atom is -0.507 e. The molecule has 0 amide bonds. The summed E-state index contributed by atoms with van der Waals surface area (Å²) in [6.45, 7) is 1.98. The molecule has 0 aromatic heterocycles. The number of nitrogens with two attached hydrogens (primary N) is 1. The van der Waals surface area contributed by atoms with Crippen LogP contribution in [0.4, 0.5) is 5.69 Å². The van der Waals surface area contributed by atoms with Gasteiger partial charge in [0, 0.05) is 16.6 Å². The number of aromatic hydroxyl groups is 1. The lowest BCUT2D eigenvalue weighted by atomic mass is 10.2. The minimum atomic E-state index is -0.564. The third-order valence-electron chi connectivity index (χ3n) is 1.83. The quantitative estimate of drug-likeness (QED) is 0.468. The van der Waals surface area contributed by atoms with Gasteiger partial charge in [-0.15, -0.1) is 11.8 Å². The van der Waals surface area contributed by atoms with Gasteiger partial charge in [-0.1, -0.05) is 6.92 Å². The molecule has 0 saturated heterocycles. The van der Waals surface area contributed by atoms with Crippen molar-refractivity contribution >= 4 is 23.4 Å². The van der Waals surface area contributed by atoms with Crippen LogP contribution in [0.2, 0.25) is 0 Å². The second-order valence-electron chi connectivity index (χ2n) is 2.83. The highest BCUT2D eigenvalue weighted by Crippen LogP contribution is 2.31. The summed E-state index contributed by atoms with van der Waals surface area (Å²) in [6.07, 6.45) is 0. The van der Waals surface area contributed by atoms with Crippen LogP contribution in [0.5, 0.6) is 5.75 Å². The summed E-state index contributed by atoms with van der Waals surface area (Å²) in [5, 5.41) is 9.50. The maximum Gasteiger partial charge on any atom is 0.341 e. The Morgan fingerprint density at radius 2 is 2.27 bits per heavy atom. The Morgan fingerprint density at radius 3 is 2.80 bits per heavy atom. The highest BCUT2D eigenvalue weighted by Gasteiger charge is 2.14. The number of rotatable bonds is 3. The summed E-state index contributed by atoms with van der Waals surface area (Å²) in [6, 6.07) is 2.91. The Bertz CT molecular complexity index is 379. The van der Waals surface area contributed by atoms with Crippen molar-refractivity contribution in [3.8, 4) is 5.75 Å². The zero-order valence-electron chi connectivity index (χ0n) is 8.61. The average molecular weight is 227 g/mol. The number of nitrogen functional groups attached to an aromatic ring is 1. The van der Waals surface area contributed by atoms with E-state index in [2.05, 4.69) is 4.74 Å². The number of hydrogen-bond donors (Lipinski definition) is 2. The molecule has 0 aliphatic carbocycles. The van der Waals surface area contributed by atoms with Crippen molar-refractivity contribution < 1.29 is 14.6 Å². The molecule has 82 valence electrons. The number of ether oxygens (including phenoxy) is 1. The van der Waals surface area contributed by atoms with E-state index in [1.165, 1.54) is 24.9 Å². The molecule has 3 N–H and O–H groups in total. The standard InChI is InChI=1S/C10H13NO3S/c1-3-15-9-4-6(10(13)14-2)8(12)5-7(9)11/h4-5,12H,3,11H2,1-2H3. The van der Waals surface area contributed by atoms with Crippen LogP contribution >= 0.6 is 11.8 Å². The molecule has 0 bridgehead atoms. The van der Waals surface area contributed by atoms with E-state index in [1.807, 2.05) is 6.92 Å². The molecular weight excluding hydrogens is 214 g/mol. The maximum absolute atomic E-state index is 11.3. The van der Waals surface area contributed by atoms with E-state index in [-0.39, 0.29) is 11.3 Å². The summed E-state index contributed by atoms with van der Waals surface area (Å²) in [7, 11) is 1.27. The number of thioether (sulfide) groups is 1. The van der Waals surface area contributed by atoms with Crippen LogP contribution in [0.15, 0.2) is 17.0 Å². The van der Waals surface area contributed by atoms with Crippen LogP contribution in [0.3, 0.4) is 0 Å². The summed E-state index contributed by atoms with van der Waals surface area (Å²) in [4.78, 5) is 12.0. The fraction of sp³-hybridized carbons (Fsp3) is 0.300. The van der Waals surface area contributed by atoms with Crippen LogP contribution in [0.1, 0.15) is 17.3 Å². The first-order valence-corrected chi connectivity index (χ1v) is 5.42. The highest BCUT2D eigenvalue weighted by atomic mass is 32.2. The van der Waals surface area contributed by atoms with E-state index in [1.54, 1.807) is 6.07 Å². The van der Waals surface area contributed by atoms with Crippen molar-refractivity contribution in [3.05, 3.63) is 17.7 Å². The summed E-state index contributed by atoms with van der Waals surface area (Å²) >= 11 is 1.51. The summed E-state index contributed by atoms with van der Waals surface area (Å²) in [5.74, 6) is 0.125. The van der Waals surface area contributed by atoms with E-state index in [9.17, 15) is 9.90 Å². The molecular formula is C10H13NO3S. The molecule has 15 heavy (non-hydrogen) atoms. The van der Waals surface area contributed by atoms with Crippen molar-refractivity contribution in [3.63, 3.8) is 0 Å². The number of hydrogen-bond acceptors (Lipinski definition) is 5. The van der Waals surface area contributed by atoms with Gasteiger partial charge in [-0.3, -0.25) is 0 Å². The SMILES string of the molecule is CCSc1cc(C(=O)OC)c(O)cc1N. The molecule has 0 aliphatic heterocycles. The molecule has 0 saturated carbocycles. The molecule has 0 spiro atoms. The van der Waals surface area contributed by atoms with Crippen LogP contribution < -0.4 is 5.73 Å². The molecule has 4 nitrogen and oxygen atoms in total. The van der Waals surface area contributed by atoms with E-state index >= 15 is 0 Å². The van der Waals surface area contributed by atoms with Crippen LogP contribution in [0.25, 0.3) is 0 Å². The van der Waals surface area contributed by atoms with Gasteiger partial charge in [0.25, 0.3) is 0 Å². The lowest BCUT2D eigenvalue weighted by molar-refractivity contribution is 0.0597. The van der Waals surface area contributed by atoms with Crippen LogP contribution in [-0.4, -0.2) is 23.9 Å². The van der Waals surface area contributed by atoms with Gasteiger partial charge in [-0.2, -0.15) is 0 Å². The Kier molecular flexibility index (Phi) is 3.85. The smallest absolute Gasteiger partial charge is 0.341 e. The molecule has 0 fully saturated rings. The normalized spacial score (nSPS) is 10.0. The molecule has 5 heteroatoms. The number of anilines is 1. The average Bonchev–Trinajstić information content (AvgIpc) is 2.21. The molecule has 0 radical (unpaired) electrons. The van der Waals surface area contributed by atoms with Gasteiger partial charge in [-0.25, -0.2) is 4.79 Å². The highest BCUT2D eigenvalue weighted by molar-refractivity contribution is 7.99. The largest absolute Gasteiger partial charge is 0.507 e. The third kappa shape index (κ3) is 2.56. The Balaban J connectivity index is 3.17. The Labute approximate surface area is 92.4 Å². The van der Waals surface area contributed by atoms with Crippen molar-refractivity contribution in [2.24, 2.45) is 0 Å². The molecule has 0 aliphatic rings. The maximum atomic E-state index is 11.3. The monoisotopic (exact) mass is 227 g/mol.